The number of para-hydroxylation sites is 1. The quantitative estimate of drug-likeness (QED) is 0.665. The highest BCUT2D eigenvalue weighted by molar-refractivity contribution is 5.85. The maximum Gasteiger partial charge on any atom is 0.308 e. The van der Waals surface area contributed by atoms with Gasteiger partial charge in [-0.15, -0.1) is 0 Å². The maximum atomic E-state index is 12.5. The first-order valence-corrected chi connectivity index (χ1v) is 8.98. The molecule has 0 bridgehead atoms. The van der Waals surface area contributed by atoms with E-state index in [9.17, 15) is 14.7 Å². The molecule has 0 radical (unpaired) electrons. The second kappa shape index (κ2) is 8.08. The third-order valence-corrected chi connectivity index (χ3v) is 4.70. The minimum atomic E-state index is -0.923. The van der Waals surface area contributed by atoms with Crippen molar-refractivity contribution >= 4 is 22.8 Å². The van der Waals surface area contributed by atoms with Crippen LogP contribution < -0.4 is 5.32 Å². The average Bonchev–Trinajstić information content (AvgIpc) is 3.08. The fourth-order valence-electron chi connectivity index (χ4n) is 3.09. The van der Waals surface area contributed by atoms with Crippen molar-refractivity contribution in [2.24, 2.45) is 5.92 Å². The van der Waals surface area contributed by atoms with Crippen molar-refractivity contribution in [3.8, 4) is 0 Å². The molecule has 5 heteroatoms. The average molecular weight is 365 g/mol. The summed E-state index contributed by atoms with van der Waals surface area (Å²) in [5.41, 5.74) is 2.76. The molecule has 0 saturated heterocycles. The van der Waals surface area contributed by atoms with Gasteiger partial charge in [-0.2, -0.15) is 0 Å². The summed E-state index contributed by atoms with van der Waals surface area (Å²) in [6.45, 7) is 3.80. The molecule has 3 rings (SSSR count). The van der Waals surface area contributed by atoms with Gasteiger partial charge in [0, 0.05) is 11.9 Å². The molecule has 1 amide bonds. The predicted octanol–water partition coefficient (Wildman–Crippen LogP) is 3.90. The van der Waals surface area contributed by atoms with E-state index in [1.54, 1.807) is 6.92 Å². The number of amides is 1. The molecule has 0 aliphatic rings. The van der Waals surface area contributed by atoms with Crippen molar-refractivity contribution in [2.45, 2.75) is 26.2 Å². The van der Waals surface area contributed by atoms with Crippen LogP contribution in [-0.4, -0.2) is 23.5 Å². The number of carbonyl (C=O) groups is 2. The lowest BCUT2D eigenvalue weighted by Crippen LogP contribution is -2.36. The Bertz CT molecular complexity index is 927. The molecule has 2 aromatic carbocycles. The summed E-state index contributed by atoms with van der Waals surface area (Å²) in [6.07, 6.45) is 0.371. The topological polar surface area (TPSA) is 79.5 Å². The van der Waals surface area contributed by atoms with Gasteiger partial charge in [0.15, 0.2) is 0 Å². The van der Waals surface area contributed by atoms with Crippen LogP contribution in [-0.2, 0) is 16.0 Å². The Hall–Kier alpha value is -3.08. The number of nitrogens with one attached hydrogen (secondary N) is 1. The Morgan fingerprint density at radius 2 is 1.89 bits per heavy atom. The normalized spacial score (nSPS) is 13.3. The highest BCUT2D eigenvalue weighted by atomic mass is 16.4. The number of aryl methyl sites for hydroxylation is 1. The van der Waals surface area contributed by atoms with Crippen LogP contribution in [0.1, 0.15) is 29.7 Å². The number of hydrogen-bond acceptors (Lipinski definition) is 3. The van der Waals surface area contributed by atoms with Crippen LogP contribution in [0.2, 0.25) is 0 Å². The molecule has 2 unspecified atom stereocenters. The van der Waals surface area contributed by atoms with Gasteiger partial charge in [0.1, 0.15) is 11.3 Å². The molecule has 1 heterocycles. The van der Waals surface area contributed by atoms with Crippen molar-refractivity contribution in [1.29, 1.82) is 0 Å². The summed E-state index contributed by atoms with van der Waals surface area (Å²) in [6, 6.07) is 17.2. The van der Waals surface area contributed by atoms with E-state index in [1.807, 2.05) is 61.5 Å². The van der Waals surface area contributed by atoms with Crippen LogP contribution in [0.25, 0.3) is 11.0 Å². The van der Waals surface area contributed by atoms with Gasteiger partial charge in [-0.1, -0.05) is 48.0 Å². The van der Waals surface area contributed by atoms with E-state index in [-0.39, 0.29) is 12.5 Å². The summed E-state index contributed by atoms with van der Waals surface area (Å²) in [4.78, 5) is 24.1. The largest absolute Gasteiger partial charge is 0.481 e. The lowest BCUT2D eigenvalue weighted by atomic mass is 9.98. The fourth-order valence-corrected chi connectivity index (χ4v) is 3.09. The van der Waals surface area contributed by atoms with Crippen LogP contribution in [0.15, 0.2) is 59.0 Å². The molecule has 27 heavy (non-hydrogen) atoms. The van der Waals surface area contributed by atoms with E-state index in [1.165, 1.54) is 0 Å². The molecule has 0 spiro atoms. The zero-order valence-corrected chi connectivity index (χ0v) is 15.4. The number of benzene rings is 2. The molecule has 3 aromatic rings. The fraction of sp³-hybridized carbons (Fsp3) is 0.273. The number of carboxylic acids is 1. The predicted molar refractivity (Wildman–Crippen MR) is 104 cm³/mol. The zero-order valence-electron chi connectivity index (χ0n) is 15.4. The molecule has 2 atom stereocenters. The Labute approximate surface area is 158 Å². The Morgan fingerprint density at radius 3 is 2.59 bits per heavy atom. The van der Waals surface area contributed by atoms with E-state index >= 15 is 0 Å². The number of carboxylic acid groups (broad SMARTS) is 1. The van der Waals surface area contributed by atoms with Gasteiger partial charge in [-0.25, -0.2) is 0 Å². The smallest absolute Gasteiger partial charge is 0.308 e. The maximum absolute atomic E-state index is 12.5. The van der Waals surface area contributed by atoms with E-state index in [2.05, 4.69) is 5.32 Å². The summed E-state index contributed by atoms with van der Waals surface area (Å²) < 4.78 is 5.74. The Morgan fingerprint density at radius 1 is 1.11 bits per heavy atom. The van der Waals surface area contributed by atoms with Crippen molar-refractivity contribution in [3.63, 3.8) is 0 Å². The standard InChI is InChI=1S/C22H23NO4/c1-14-6-5-7-16(10-14)11-18(22(25)26)13-23-21(24)15(2)20-12-17-8-3-4-9-19(17)27-20/h3-10,12,15,18H,11,13H2,1-2H3,(H,23,24)(H,25,26). The molecule has 0 aliphatic carbocycles. The molecule has 140 valence electrons. The van der Waals surface area contributed by atoms with Gasteiger partial charge >= 0.3 is 5.97 Å². The molecule has 0 saturated carbocycles. The van der Waals surface area contributed by atoms with Gasteiger partial charge in [0.25, 0.3) is 0 Å². The van der Waals surface area contributed by atoms with Crippen molar-refractivity contribution in [3.05, 3.63) is 71.5 Å². The Kier molecular flexibility index (Phi) is 5.60. The first kappa shape index (κ1) is 18.7. The Balaban J connectivity index is 1.63. The first-order valence-electron chi connectivity index (χ1n) is 8.98. The molecule has 2 N–H and O–H groups in total. The van der Waals surface area contributed by atoms with Crippen LogP contribution in [0.3, 0.4) is 0 Å². The highest BCUT2D eigenvalue weighted by Gasteiger charge is 2.23. The van der Waals surface area contributed by atoms with Crippen LogP contribution in [0.5, 0.6) is 0 Å². The minimum Gasteiger partial charge on any atom is -0.481 e. The molecule has 0 fully saturated rings. The van der Waals surface area contributed by atoms with Gasteiger partial charge < -0.3 is 14.8 Å². The van der Waals surface area contributed by atoms with Gasteiger partial charge in [0.05, 0.1) is 11.8 Å². The number of hydrogen-bond donors (Lipinski definition) is 2. The zero-order chi connectivity index (χ0) is 19.4. The van der Waals surface area contributed by atoms with E-state index in [0.717, 1.165) is 22.1 Å². The molecular formula is C22H23NO4. The summed E-state index contributed by atoms with van der Waals surface area (Å²) >= 11 is 0. The first-order chi connectivity index (χ1) is 12.9. The third kappa shape index (κ3) is 4.56. The van der Waals surface area contributed by atoms with Gasteiger partial charge in [0.2, 0.25) is 5.91 Å². The molecule has 0 aliphatic heterocycles. The summed E-state index contributed by atoms with van der Waals surface area (Å²) in [7, 11) is 0. The summed E-state index contributed by atoms with van der Waals surface area (Å²) in [5.74, 6) is -1.78. The van der Waals surface area contributed by atoms with Gasteiger partial charge in [-0.3, -0.25) is 9.59 Å². The van der Waals surface area contributed by atoms with Crippen molar-refractivity contribution in [1.82, 2.24) is 5.32 Å². The van der Waals surface area contributed by atoms with Crippen molar-refractivity contribution < 1.29 is 19.1 Å². The minimum absolute atomic E-state index is 0.0761. The number of aliphatic carboxylic acids is 1. The second-order valence-electron chi connectivity index (χ2n) is 6.88. The van der Waals surface area contributed by atoms with Crippen LogP contribution >= 0.6 is 0 Å². The van der Waals surface area contributed by atoms with Gasteiger partial charge in [-0.05, 0) is 38.0 Å². The second-order valence-corrected chi connectivity index (χ2v) is 6.88. The number of fused-ring (bicyclic) bond motifs is 1. The number of furan rings is 1. The lowest BCUT2D eigenvalue weighted by molar-refractivity contribution is -0.141. The van der Waals surface area contributed by atoms with Crippen LogP contribution in [0, 0.1) is 12.8 Å². The SMILES string of the molecule is Cc1cccc(CC(CNC(=O)C(C)c2cc3ccccc3o2)C(=O)O)c1. The number of carbonyl (C=O) groups excluding carboxylic acids is 1. The van der Waals surface area contributed by atoms with Crippen molar-refractivity contribution in [2.75, 3.05) is 6.54 Å². The molecule has 1 aromatic heterocycles. The highest BCUT2D eigenvalue weighted by Crippen LogP contribution is 2.25. The van der Waals surface area contributed by atoms with Crippen LogP contribution in [0.4, 0.5) is 0 Å². The third-order valence-electron chi connectivity index (χ3n) is 4.70. The summed E-state index contributed by atoms with van der Waals surface area (Å²) in [5, 5.41) is 13.2. The van der Waals surface area contributed by atoms with E-state index < -0.39 is 17.8 Å². The monoisotopic (exact) mass is 365 g/mol. The molecule has 5 nitrogen and oxygen atoms in total. The van der Waals surface area contributed by atoms with E-state index in [0.29, 0.717) is 12.2 Å². The van der Waals surface area contributed by atoms with E-state index in [4.69, 9.17) is 4.42 Å². The molecular weight excluding hydrogens is 342 g/mol. The lowest BCUT2D eigenvalue weighted by Gasteiger charge is -2.15. The number of rotatable bonds is 7.